The van der Waals surface area contributed by atoms with Crippen LogP contribution in [0.1, 0.15) is 5.56 Å². The molecular weight excluding hydrogens is 342 g/mol. The van der Waals surface area contributed by atoms with E-state index in [-0.39, 0.29) is 0 Å². The fraction of sp³-hybridized carbons (Fsp3) is 0.160. The van der Waals surface area contributed by atoms with E-state index in [1.807, 2.05) is 0 Å². The van der Waals surface area contributed by atoms with Gasteiger partial charge in [-0.2, -0.15) is 0 Å². The number of hydrogen-bond donors (Lipinski definition) is 0. The molecule has 3 aromatic carbocycles. The second kappa shape index (κ2) is 5.14. The highest BCUT2D eigenvalue weighted by Crippen LogP contribution is 2.41. The van der Waals surface area contributed by atoms with E-state index >= 15 is 0 Å². The Morgan fingerprint density at radius 2 is 1.71 bits per heavy atom. The van der Waals surface area contributed by atoms with Crippen molar-refractivity contribution in [3.8, 4) is 0 Å². The smallest absolute Gasteiger partial charge is 0.224 e. The molecule has 3 aromatic heterocycles. The molecule has 0 aliphatic heterocycles. The van der Waals surface area contributed by atoms with Crippen molar-refractivity contribution in [3.05, 3.63) is 66.4 Å². The third-order valence-electron chi connectivity index (χ3n) is 6.26. The predicted molar refractivity (Wildman–Crippen MR) is 119 cm³/mol. The minimum Gasteiger partial charge on any atom is -0.378 e. The van der Waals surface area contributed by atoms with Gasteiger partial charge in [-0.15, -0.1) is 0 Å². The third-order valence-corrected chi connectivity index (χ3v) is 6.26. The molecule has 0 bridgehead atoms. The van der Waals surface area contributed by atoms with E-state index in [0.717, 1.165) is 0 Å². The Morgan fingerprint density at radius 3 is 2.54 bits per heavy atom. The van der Waals surface area contributed by atoms with Gasteiger partial charge in [-0.3, -0.25) is 0 Å². The minimum absolute atomic E-state index is 1.23. The number of fused-ring (bicyclic) bond motifs is 5. The van der Waals surface area contributed by atoms with Crippen LogP contribution in [0.4, 0.5) is 5.69 Å². The second-order valence-electron chi connectivity index (χ2n) is 8.10. The molecule has 0 fully saturated rings. The summed E-state index contributed by atoms with van der Waals surface area (Å²) in [4.78, 5) is 2.17. The molecule has 3 nitrogen and oxygen atoms in total. The second-order valence-corrected chi connectivity index (χ2v) is 8.10. The van der Waals surface area contributed by atoms with Gasteiger partial charge in [-0.25, -0.2) is 4.57 Å². The molecule has 0 spiro atoms. The van der Waals surface area contributed by atoms with Gasteiger partial charge in [0.05, 0.1) is 27.3 Å². The summed E-state index contributed by atoms with van der Waals surface area (Å²) in [6.07, 6.45) is 2.18. The topological polar surface area (TPSA) is 11.5 Å². The Balaban J connectivity index is 2.04. The van der Waals surface area contributed by atoms with Gasteiger partial charge < -0.3 is 9.30 Å². The summed E-state index contributed by atoms with van der Waals surface area (Å²) in [7, 11) is 6.36. The number of hydrogen-bond acceptors (Lipinski definition) is 1. The molecule has 0 aliphatic carbocycles. The standard InChI is InChI=1S/C25H22N3/c1-15-8-10-18-19-14-17(26(2)3)9-11-20(19)28-21-7-5-6-16-12-13-27(4)25(23(16)21)22(15)24(18)28/h5-14H,1-4H3/q+1. The first-order valence-corrected chi connectivity index (χ1v) is 9.73. The molecule has 6 rings (SSSR count). The molecule has 0 saturated heterocycles. The van der Waals surface area contributed by atoms with Crippen LogP contribution in [-0.2, 0) is 7.05 Å². The lowest BCUT2D eigenvalue weighted by atomic mass is 10.00. The minimum atomic E-state index is 1.23. The largest absolute Gasteiger partial charge is 0.378 e. The van der Waals surface area contributed by atoms with E-state index in [2.05, 4.69) is 103 Å². The van der Waals surface area contributed by atoms with Crippen molar-refractivity contribution in [3.63, 3.8) is 0 Å². The van der Waals surface area contributed by atoms with Crippen molar-refractivity contribution in [2.75, 3.05) is 19.0 Å². The van der Waals surface area contributed by atoms with Gasteiger partial charge in [0.25, 0.3) is 0 Å². The predicted octanol–water partition coefficient (Wildman–Crippen LogP) is 5.19. The van der Waals surface area contributed by atoms with Gasteiger partial charge >= 0.3 is 0 Å². The Morgan fingerprint density at radius 1 is 0.857 bits per heavy atom. The van der Waals surface area contributed by atoms with Crippen molar-refractivity contribution in [2.24, 2.45) is 7.05 Å². The zero-order valence-corrected chi connectivity index (χ0v) is 16.6. The summed E-state index contributed by atoms with van der Waals surface area (Å²) in [6.45, 7) is 2.23. The zero-order valence-electron chi connectivity index (χ0n) is 16.6. The third kappa shape index (κ3) is 1.76. The van der Waals surface area contributed by atoms with Gasteiger partial charge in [0, 0.05) is 36.6 Å². The number of rotatable bonds is 1. The summed E-state index contributed by atoms with van der Waals surface area (Å²) in [5.74, 6) is 0. The first-order valence-electron chi connectivity index (χ1n) is 9.73. The summed E-state index contributed by atoms with van der Waals surface area (Å²) in [5, 5.41) is 6.62. The van der Waals surface area contributed by atoms with Gasteiger partial charge in [0.15, 0.2) is 6.20 Å². The molecule has 28 heavy (non-hydrogen) atoms. The highest BCUT2D eigenvalue weighted by molar-refractivity contribution is 6.25. The molecular formula is C25H22N3+. The van der Waals surface area contributed by atoms with Gasteiger partial charge in [-0.1, -0.05) is 24.3 Å². The van der Waals surface area contributed by atoms with Crippen LogP contribution < -0.4 is 9.47 Å². The molecule has 0 amide bonds. The quantitative estimate of drug-likeness (QED) is 0.222. The molecule has 3 heteroatoms. The Hall–Kier alpha value is -3.33. The average Bonchev–Trinajstić information content (AvgIpc) is 3.02. The van der Waals surface area contributed by atoms with Gasteiger partial charge in [-0.05, 0) is 42.1 Å². The molecule has 3 heterocycles. The normalized spacial score (nSPS) is 12.3. The maximum absolute atomic E-state index is 2.47. The summed E-state index contributed by atoms with van der Waals surface area (Å²) in [5.41, 5.74) is 7.75. The molecule has 0 N–H and O–H groups in total. The Bertz CT molecular complexity index is 1550. The number of nitrogens with zero attached hydrogens (tertiary/aromatic N) is 3. The van der Waals surface area contributed by atoms with Crippen LogP contribution in [0.2, 0.25) is 0 Å². The Kier molecular flexibility index (Phi) is 2.88. The van der Waals surface area contributed by atoms with E-state index in [0.29, 0.717) is 0 Å². The SMILES string of the molecule is Cc1ccc2c3cc(N(C)C)ccc3n3c4cccc5cc[n+](C)c(c1c23)c54. The summed E-state index contributed by atoms with van der Waals surface area (Å²) >= 11 is 0. The fourth-order valence-corrected chi connectivity index (χ4v) is 4.91. The lowest BCUT2D eigenvalue weighted by Gasteiger charge is -2.13. The fourth-order valence-electron chi connectivity index (χ4n) is 4.91. The monoisotopic (exact) mass is 364 g/mol. The van der Waals surface area contributed by atoms with Crippen LogP contribution >= 0.6 is 0 Å². The van der Waals surface area contributed by atoms with Crippen molar-refractivity contribution in [2.45, 2.75) is 6.92 Å². The van der Waals surface area contributed by atoms with Crippen LogP contribution in [0.25, 0.3) is 49.0 Å². The van der Waals surface area contributed by atoms with Crippen LogP contribution in [0.5, 0.6) is 0 Å². The summed E-state index contributed by atoms with van der Waals surface area (Å²) < 4.78 is 4.75. The Labute approximate surface area is 163 Å². The van der Waals surface area contributed by atoms with E-state index in [1.54, 1.807) is 0 Å². The maximum atomic E-state index is 2.47. The van der Waals surface area contributed by atoms with E-state index in [4.69, 9.17) is 0 Å². The van der Waals surface area contributed by atoms with E-state index in [1.165, 1.54) is 60.2 Å². The molecule has 0 saturated carbocycles. The van der Waals surface area contributed by atoms with E-state index < -0.39 is 0 Å². The highest BCUT2D eigenvalue weighted by atomic mass is 15.1. The van der Waals surface area contributed by atoms with E-state index in [9.17, 15) is 0 Å². The maximum Gasteiger partial charge on any atom is 0.224 e. The number of pyridine rings is 2. The van der Waals surface area contributed by atoms with Crippen molar-refractivity contribution >= 4 is 54.7 Å². The first-order chi connectivity index (χ1) is 13.6. The van der Waals surface area contributed by atoms with Gasteiger partial charge in [0.1, 0.15) is 7.05 Å². The van der Waals surface area contributed by atoms with Gasteiger partial charge in [0.2, 0.25) is 5.52 Å². The average molecular weight is 364 g/mol. The lowest BCUT2D eigenvalue weighted by Crippen LogP contribution is -2.28. The molecule has 6 aromatic rings. The molecule has 0 atom stereocenters. The molecule has 136 valence electrons. The molecule has 0 aliphatic rings. The number of aromatic nitrogens is 2. The zero-order chi connectivity index (χ0) is 19.2. The number of aryl methyl sites for hydroxylation is 2. The lowest BCUT2D eigenvalue weighted by molar-refractivity contribution is -0.643. The van der Waals surface area contributed by atoms with Crippen molar-refractivity contribution in [1.29, 1.82) is 0 Å². The van der Waals surface area contributed by atoms with Crippen LogP contribution in [0.15, 0.2) is 60.8 Å². The number of anilines is 1. The highest BCUT2D eigenvalue weighted by Gasteiger charge is 2.23. The molecule has 0 radical (unpaired) electrons. The van der Waals surface area contributed by atoms with Crippen LogP contribution in [-0.4, -0.2) is 18.5 Å². The van der Waals surface area contributed by atoms with Crippen LogP contribution in [0.3, 0.4) is 0 Å². The number of benzene rings is 3. The molecule has 0 unspecified atom stereocenters. The van der Waals surface area contributed by atoms with Crippen molar-refractivity contribution < 1.29 is 4.57 Å². The van der Waals surface area contributed by atoms with Crippen LogP contribution in [0, 0.1) is 6.92 Å². The van der Waals surface area contributed by atoms with Crippen molar-refractivity contribution in [1.82, 2.24) is 4.40 Å². The summed E-state index contributed by atoms with van der Waals surface area (Å²) in [6, 6.07) is 20.3. The first kappa shape index (κ1) is 15.7.